The molecular formula is C18H27N3O2. The molecule has 2 rings (SSSR count). The van der Waals surface area contributed by atoms with Gasteiger partial charge in [-0.15, -0.1) is 0 Å². The molecule has 2 N–H and O–H groups in total. The highest BCUT2D eigenvalue weighted by Crippen LogP contribution is 2.47. The van der Waals surface area contributed by atoms with Crippen LogP contribution in [0.4, 0.5) is 0 Å². The molecule has 1 aromatic carbocycles. The van der Waals surface area contributed by atoms with Gasteiger partial charge in [0.05, 0.1) is 13.1 Å². The van der Waals surface area contributed by atoms with Gasteiger partial charge in [0.15, 0.2) is 0 Å². The summed E-state index contributed by atoms with van der Waals surface area (Å²) in [7, 11) is 0. The fourth-order valence-electron chi connectivity index (χ4n) is 2.77. The molecule has 1 aromatic rings. The Labute approximate surface area is 138 Å². The molecule has 1 aliphatic rings. The molecule has 126 valence electrons. The highest BCUT2D eigenvalue weighted by Gasteiger charge is 2.44. The highest BCUT2D eigenvalue weighted by molar-refractivity contribution is 5.81. The van der Waals surface area contributed by atoms with E-state index in [-0.39, 0.29) is 30.3 Å². The van der Waals surface area contributed by atoms with Crippen molar-refractivity contribution < 1.29 is 9.59 Å². The van der Waals surface area contributed by atoms with Crippen molar-refractivity contribution in [2.45, 2.75) is 32.1 Å². The average Bonchev–Trinajstić information content (AvgIpc) is 3.34. The molecule has 2 amide bonds. The maximum absolute atomic E-state index is 12.2. The van der Waals surface area contributed by atoms with E-state index >= 15 is 0 Å². The van der Waals surface area contributed by atoms with Gasteiger partial charge in [-0.1, -0.05) is 37.3 Å². The van der Waals surface area contributed by atoms with Gasteiger partial charge in [-0.3, -0.25) is 14.5 Å². The van der Waals surface area contributed by atoms with E-state index in [1.807, 2.05) is 36.9 Å². The predicted molar refractivity (Wildman–Crippen MR) is 91.2 cm³/mol. The zero-order valence-electron chi connectivity index (χ0n) is 14.1. The van der Waals surface area contributed by atoms with Crippen molar-refractivity contribution in [3.8, 4) is 0 Å². The second-order valence-corrected chi connectivity index (χ2v) is 6.18. The van der Waals surface area contributed by atoms with Gasteiger partial charge in [0, 0.05) is 18.5 Å². The number of carbonyl (C=O) groups excluding carboxylic acids is 2. The lowest BCUT2D eigenvalue weighted by molar-refractivity contribution is -0.125. The fraction of sp³-hybridized carbons (Fsp3) is 0.556. The van der Waals surface area contributed by atoms with Crippen molar-refractivity contribution in [3.63, 3.8) is 0 Å². The zero-order valence-corrected chi connectivity index (χ0v) is 14.1. The Morgan fingerprint density at radius 2 is 1.65 bits per heavy atom. The monoisotopic (exact) mass is 317 g/mol. The van der Waals surface area contributed by atoms with Crippen LogP contribution in [0.3, 0.4) is 0 Å². The van der Waals surface area contributed by atoms with Crippen LogP contribution in [-0.4, -0.2) is 49.4 Å². The molecule has 1 aliphatic carbocycles. The normalized spacial score (nSPS) is 15.3. The van der Waals surface area contributed by atoms with E-state index < -0.39 is 0 Å². The SMILES string of the molecule is CCNC(=O)CN(CC)CC(=O)NCC1(c2ccccc2)CC1. The minimum atomic E-state index is -0.0369. The van der Waals surface area contributed by atoms with Gasteiger partial charge in [0.1, 0.15) is 0 Å². The molecule has 23 heavy (non-hydrogen) atoms. The number of hydrogen-bond donors (Lipinski definition) is 2. The summed E-state index contributed by atoms with van der Waals surface area (Å²) in [6.45, 7) is 6.34. The van der Waals surface area contributed by atoms with Gasteiger partial charge in [-0.2, -0.15) is 0 Å². The Balaban J connectivity index is 1.79. The molecule has 0 atom stereocenters. The van der Waals surface area contributed by atoms with Gasteiger partial charge in [0.25, 0.3) is 0 Å². The number of hydrogen-bond acceptors (Lipinski definition) is 3. The van der Waals surface area contributed by atoms with E-state index in [0.29, 0.717) is 19.6 Å². The molecule has 0 aliphatic heterocycles. The maximum Gasteiger partial charge on any atom is 0.234 e. The Hall–Kier alpha value is -1.88. The average molecular weight is 317 g/mol. The minimum absolute atomic E-state index is 0.0154. The van der Waals surface area contributed by atoms with Crippen molar-refractivity contribution in [3.05, 3.63) is 35.9 Å². The number of nitrogens with zero attached hydrogens (tertiary/aromatic N) is 1. The Morgan fingerprint density at radius 3 is 2.17 bits per heavy atom. The van der Waals surface area contributed by atoms with Gasteiger partial charge < -0.3 is 10.6 Å². The Morgan fingerprint density at radius 1 is 1.04 bits per heavy atom. The first-order valence-electron chi connectivity index (χ1n) is 8.41. The third-order valence-electron chi connectivity index (χ3n) is 4.42. The van der Waals surface area contributed by atoms with Crippen LogP contribution in [0, 0.1) is 0 Å². The predicted octanol–water partition coefficient (Wildman–Crippen LogP) is 1.29. The van der Waals surface area contributed by atoms with Crippen LogP contribution in [0.2, 0.25) is 0 Å². The van der Waals surface area contributed by atoms with E-state index in [4.69, 9.17) is 0 Å². The Bertz CT molecular complexity index is 526. The van der Waals surface area contributed by atoms with Crippen molar-refractivity contribution in [2.75, 3.05) is 32.7 Å². The van der Waals surface area contributed by atoms with E-state index in [1.165, 1.54) is 5.56 Å². The molecule has 0 aromatic heterocycles. The lowest BCUT2D eigenvalue weighted by Gasteiger charge is -2.21. The van der Waals surface area contributed by atoms with Gasteiger partial charge in [0.2, 0.25) is 11.8 Å². The van der Waals surface area contributed by atoms with Crippen molar-refractivity contribution >= 4 is 11.8 Å². The van der Waals surface area contributed by atoms with Crippen LogP contribution >= 0.6 is 0 Å². The summed E-state index contributed by atoms with van der Waals surface area (Å²) in [4.78, 5) is 25.6. The minimum Gasteiger partial charge on any atom is -0.355 e. The third kappa shape index (κ3) is 5.06. The summed E-state index contributed by atoms with van der Waals surface area (Å²) in [5.41, 5.74) is 1.42. The summed E-state index contributed by atoms with van der Waals surface area (Å²) in [6.07, 6.45) is 2.24. The second kappa shape index (κ2) is 8.11. The first kappa shape index (κ1) is 17.5. The molecule has 0 heterocycles. The number of benzene rings is 1. The van der Waals surface area contributed by atoms with Crippen molar-refractivity contribution in [2.24, 2.45) is 0 Å². The third-order valence-corrected chi connectivity index (χ3v) is 4.42. The summed E-state index contributed by atoms with van der Waals surface area (Å²) in [6, 6.07) is 10.4. The topological polar surface area (TPSA) is 61.4 Å². The van der Waals surface area contributed by atoms with Gasteiger partial charge in [-0.25, -0.2) is 0 Å². The van der Waals surface area contributed by atoms with Crippen LogP contribution < -0.4 is 10.6 Å². The maximum atomic E-state index is 12.2. The number of rotatable bonds is 9. The molecule has 0 radical (unpaired) electrons. The first-order valence-corrected chi connectivity index (χ1v) is 8.41. The number of likely N-dealkylation sites (N-methyl/N-ethyl adjacent to an activating group) is 2. The number of nitrogens with one attached hydrogen (secondary N) is 2. The van der Waals surface area contributed by atoms with Crippen LogP contribution in [-0.2, 0) is 15.0 Å². The molecule has 0 bridgehead atoms. The lowest BCUT2D eigenvalue weighted by Crippen LogP contribution is -2.44. The summed E-state index contributed by atoms with van der Waals surface area (Å²) in [5.74, 6) is -0.0524. The summed E-state index contributed by atoms with van der Waals surface area (Å²) >= 11 is 0. The smallest absolute Gasteiger partial charge is 0.234 e. The standard InChI is InChI=1S/C18H27N3O2/c1-3-19-16(22)12-21(4-2)13-17(23)20-14-18(10-11-18)15-8-6-5-7-9-15/h5-9H,3-4,10-14H2,1-2H3,(H,19,22)(H,20,23). The number of amides is 2. The second-order valence-electron chi connectivity index (χ2n) is 6.18. The molecule has 1 fully saturated rings. The van der Waals surface area contributed by atoms with Crippen molar-refractivity contribution in [1.29, 1.82) is 0 Å². The van der Waals surface area contributed by atoms with Gasteiger partial charge in [-0.05, 0) is 31.9 Å². The van der Waals surface area contributed by atoms with Gasteiger partial charge >= 0.3 is 0 Å². The molecule has 0 spiro atoms. The fourth-order valence-corrected chi connectivity index (χ4v) is 2.77. The lowest BCUT2D eigenvalue weighted by atomic mass is 9.96. The number of carbonyl (C=O) groups is 2. The zero-order chi connectivity index (χ0) is 16.7. The highest BCUT2D eigenvalue weighted by atomic mass is 16.2. The van der Waals surface area contributed by atoms with Crippen LogP contribution in [0.25, 0.3) is 0 Å². The molecule has 0 unspecified atom stereocenters. The van der Waals surface area contributed by atoms with E-state index in [9.17, 15) is 9.59 Å². The Kier molecular flexibility index (Phi) is 6.16. The summed E-state index contributed by atoms with van der Waals surface area (Å²) < 4.78 is 0. The quantitative estimate of drug-likeness (QED) is 0.721. The van der Waals surface area contributed by atoms with Crippen molar-refractivity contribution in [1.82, 2.24) is 15.5 Å². The van der Waals surface area contributed by atoms with Crippen LogP contribution in [0.5, 0.6) is 0 Å². The van der Waals surface area contributed by atoms with E-state index in [1.54, 1.807) is 0 Å². The molecule has 5 nitrogen and oxygen atoms in total. The van der Waals surface area contributed by atoms with Crippen LogP contribution in [0.15, 0.2) is 30.3 Å². The largest absolute Gasteiger partial charge is 0.355 e. The summed E-state index contributed by atoms with van der Waals surface area (Å²) in [5, 5.41) is 5.80. The molecular weight excluding hydrogens is 290 g/mol. The first-order chi connectivity index (χ1) is 11.1. The van der Waals surface area contributed by atoms with Crippen LogP contribution in [0.1, 0.15) is 32.3 Å². The van der Waals surface area contributed by atoms with E-state index in [2.05, 4.69) is 22.8 Å². The van der Waals surface area contributed by atoms with E-state index in [0.717, 1.165) is 12.8 Å². The molecule has 0 saturated heterocycles. The molecule has 5 heteroatoms. The molecule has 1 saturated carbocycles.